The topological polar surface area (TPSA) is 116 Å². The molecule has 0 atom stereocenters. The van der Waals surface area contributed by atoms with Crippen molar-refractivity contribution >= 4 is 33.0 Å². The molecule has 0 unspecified atom stereocenters. The minimum absolute atomic E-state index is 0.422. The first-order valence-electron chi connectivity index (χ1n) is 5.98. The Kier molecular flexibility index (Phi) is 4.24. The lowest BCUT2D eigenvalue weighted by atomic mass is 10.0. The summed E-state index contributed by atoms with van der Waals surface area (Å²) in [4.78, 5) is 12.5. The molecule has 6 N–H and O–H groups in total. The number of nitrogen functional groups attached to an aromatic ring is 1. The number of carbonyl (C=O) groups excluding carboxylic acids is 1. The van der Waals surface area contributed by atoms with Crippen molar-refractivity contribution in [2.45, 2.75) is 5.54 Å². The lowest BCUT2D eigenvalue weighted by molar-refractivity contribution is 0.0377. The highest BCUT2D eigenvalue weighted by molar-refractivity contribution is 7.20. The van der Waals surface area contributed by atoms with Crippen LogP contribution in [0.25, 0.3) is 10.1 Å². The Morgan fingerprint density at radius 2 is 1.85 bits per heavy atom. The summed E-state index contributed by atoms with van der Waals surface area (Å²) in [6.07, 6.45) is 0. The van der Waals surface area contributed by atoms with E-state index < -0.39 is 31.3 Å². The number of hydrogen-bond donors (Lipinski definition) is 5. The number of aliphatic hydroxyl groups excluding tert-OH is 3. The minimum atomic E-state index is -1.42. The molecule has 0 radical (unpaired) electrons. The van der Waals surface area contributed by atoms with Crippen LogP contribution in [0.2, 0.25) is 0 Å². The van der Waals surface area contributed by atoms with Gasteiger partial charge in [0.05, 0.1) is 24.7 Å². The number of anilines is 1. The molecule has 1 amide bonds. The molecule has 0 saturated heterocycles. The molecular formula is C13H16N2O4S. The van der Waals surface area contributed by atoms with Gasteiger partial charge in [0.15, 0.2) is 0 Å². The number of rotatable bonds is 5. The van der Waals surface area contributed by atoms with E-state index in [0.717, 1.165) is 10.1 Å². The molecule has 0 spiro atoms. The Balaban J connectivity index is 2.27. The third-order valence-corrected chi connectivity index (χ3v) is 4.17. The number of thiophene rings is 1. The molecule has 1 heterocycles. The summed E-state index contributed by atoms with van der Waals surface area (Å²) in [7, 11) is 0. The lowest BCUT2D eigenvalue weighted by Gasteiger charge is -2.28. The van der Waals surface area contributed by atoms with Crippen molar-refractivity contribution in [1.29, 1.82) is 0 Å². The molecule has 2 aromatic rings. The van der Waals surface area contributed by atoms with E-state index in [1.165, 1.54) is 11.3 Å². The fourth-order valence-electron chi connectivity index (χ4n) is 1.74. The zero-order valence-corrected chi connectivity index (χ0v) is 11.5. The van der Waals surface area contributed by atoms with Gasteiger partial charge in [0.1, 0.15) is 5.54 Å². The third-order valence-electron chi connectivity index (χ3n) is 3.05. The van der Waals surface area contributed by atoms with Crippen molar-refractivity contribution in [1.82, 2.24) is 5.32 Å². The lowest BCUT2D eigenvalue weighted by Crippen LogP contribution is -2.56. The average molecular weight is 296 g/mol. The van der Waals surface area contributed by atoms with E-state index in [4.69, 9.17) is 5.73 Å². The standard InChI is InChI=1S/C13H16N2O4S/c14-9-1-2-10-8(3-9)4-11(20-10)12(19)15-13(5-16,6-17)7-18/h1-4,16-18H,5-7,14H2,(H,15,19). The molecule has 2 rings (SSSR count). The predicted octanol–water partition coefficient (Wildman–Crippen LogP) is -0.0710. The van der Waals surface area contributed by atoms with Crippen molar-refractivity contribution < 1.29 is 20.1 Å². The maximum atomic E-state index is 12.1. The highest BCUT2D eigenvalue weighted by atomic mass is 32.1. The van der Waals surface area contributed by atoms with Crippen LogP contribution < -0.4 is 11.1 Å². The molecule has 0 aliphatic carbocycles. The molecular weight excluding hydrogens is 280 g/mol. The van der Waals surface area contributed by atoms with Crippen LogP contribution in [0.4, 0.5) is 5.69 Å². The summed E-state index contributed by atoms with van der Waals surface area (Å²) >= 11 is 1.27. The van der Waals surface area contributed by atoms with Gasteiger partial charge in [0.25, 0.3) is 5.91 Å². The van der Waals surface area contributed by atoms with E-state index in [9.17, 15) is 20.1 Å². The number of aliphatic hydroxyl groups is 3. The summed E-state index contributed by atoms with van der Waals surface area (Å²) in [5.74, 6) is -0.457. The van der Waals surface area contributed by atoms with E-state index in [1.54, 1.807) is 18.2 Å². The van der Waals surface area contributed by atoms with Crippen LogP contribution in [-0.2, 0) is 0 Å². The molecule has 7 heteroatoms. The van der Waals surface area contributed by atoms with Crippen LogP contribution >= 0.6 is 11.3 Å². The number of carbonyl (C=O) groups is 1. The van der Waals surface area contributed by atoms with E-state index in [2.05, 4.69) is 5.32 Å². The van der Waals surface area contributed by atoms with E-state index in [-0.39, 0.29) is 0 Å². The monoisotopic (exact) mass is 296 g/mol. The molecule has 0 aliphatic rings. The fraction of sp³-hybridized carbons (Fsp3) is 0.308. The largest absolute Gasteiger partial charge is 0.399 e. The molecule has 6 nitrogen and oxygen atoms in total. The minimum Gasteiger partial charge on any atom is -0.399 e. The molecule has 0 fully saturated rings. The van der Waals surface area contributed by atoms with Crippen LogP contribution in [0, 0.1) is 0 Å². The normalized spacial score (nSPS) is 11.8. The first-order valence-corrected chi connectivity index (χ1v) is 6.79. The number of amides is 1. The summed E-state index contributed by atoms with van der Waals surface area (Å²) in [6.45, 7) is -1.66. The Morgan fingerprint density at radius 1 is 1.20 bits per heavy atom. The van der Waals surface area contributed by atoms with Gasteiger partial charge in [-0.3, -0.25) is 4.79 Å². The molecule has 20 heavy (non-hydrogen) atoms. The Bertz CT molecular complexity index is 614. The highest BCUT2D eigenvalue weighted by Crippen LogP contribution is 2.27. The summed E-state index contributed by atoms with van der Waals surface area (Å²) < 4.78 is 0.909. The Labute approximate surface area is 119 Å². The number of fused-ring (bicyclic) bond motifs is 1. The number of hydrogen-bond acceptors (Lipinski definition) is 6. The number of nitrogens with one attached hydrogen (secondary N) is 1. The second-order valence-electron chi connectivity index (χ2n) is 4.62. The fourth-order valence-corrected chi connectivity index (χ4v) is 2.68. The second-order valence-corrected chi connectivity index (χ2v) is 5.70. The molecule has 1 aromatic carbocycles. The predicted molar refractivity (Wildman–Crippen MR) is 77.7 cm³/mol. The van der Waals surface area contributed by atoms with Gasteiger partial charge >= 0.3 is 0 Å². The van der Waals surface area contributed by atoms with Crippen molar-refractivity contribution in [2.24, 2.45) is 0 Å². The Hall–Kier alpha value is -1.67. The van der Waals surface area contributed by atoms with Gasteiger partial charge in [-0.05, 0) is 29.7 Å². The van der Waals surface area contributed by atoms with Crippen molar-refractivity contribution in [3.8, 4) is 0 Å². The molecule has 108 valence electrons. The SMILES string of the molecule is Nc1ccc2sc(C(=O)NC(CO)(CO)CO)cc2c1. The number of benzene rings is 1. The zero-order chi connectivity index (χ0) is 14.8. The van der Waals surface area contributed by atoms with Gasteiger partial charge in [0, 0.05) is 10.4 Å². The quantitative estimate of drug-likeness (QED) is 0.495. The van der Waals surface area contributed by atoms with Crippen LogP contribution in [-0.4, -0.2) is 46.6 Å². The highest BCUT2D eigenvalue weighted by Gasteiger charge is 2.30. The van der Waals surface area contributed by atoms with Gasteiger partial charge in [-0.25, -0.2) is 0 Å². The van der Waals surface area contributed by atoms with E-state index >= 15 is 0 Å². The van der Waals surface area contributed by atoms with Gasteiger partial charge in [-0.15, -0.1) is 11.3 Å². The zero-order valence-electron chi connectivity index (χ0n) is 10.7. The van der Waals surface area contributed by atoms with Crippen molar-refractivity contribution in [2.75, 3.05) is 25.6 Å². The van der Waals surface area contributed by atoms with Crippen LogP contribution in [0.3, 0.4) is 0 Å². The van der Waals surface area contributed by atoms with Crippen LogP contribution in [0.5, 0.6) is 0 Å². The number of nitrogens with two attached hydrogens (primary N) is 1. The third kappa shape index (κ3) is 2.75. The van der Waals surface area contributed by atoms with Gasteiger partial charge in [-0.2, -0.15) is 0 Å². The van der Waals surface area contributed by atoms with Crippen molar-refractivity contribution in [3.05, 3.63) is 29.1 Å². The molecule has 0 saturated carbocycles. The average Bonchev–Trinajstić information content (AvgIpc) is 2.88. The molecule has 0 aliphatic heterocycles. The summed E-state index contributed by atoms with van der Waals surface area (Å²) in [6, 6.07) is 7.02. The van der Waals surface area contributed by atoms with Gasteiger partial charge in [0.2, 0.25) is 0 Å². The summed E-state index contributed by atoms with van der Waals surface area (Å²) in [5, 5.41) is 30.9. The molecule has 1 aromatic heterocycles. The second kappa shape index (κ2) is 5.76. The Morgan fingerprint density at radius 3 is 2.45 bits per heavy atom. The molecule has 0 bridgehead atoms. The van der Waals surface area contributed by atoms with Gasteiger partial charge in [-0.1, -0.05) is 0 Å². The summed E-state index contributed by atoms with van der Waals surface area (Å²) in [5.41, 5.74) is 4.87. The maximum Gasteiger partial charge on any atom is 0.262 e. The maximum absolute atomic E-state index is 12.1. The van der Waals surface area contributed by atoms with Crippen LogP contribution in [0.1, 0.15) is 9.67 Å². The first kappa shape index (κ1) is 14.7. The van der Waals surface area contributed by atoms with E-state index in [1.807, 2.05) is 6.07 Å². The van der Waals surface area contributed by atoms with Crippen molar-refractivity contribution in [3.63, 3.8) is 0 Å². The van der Waals surface area contributed by atoms with Crippen LogP contribution in [0.15, 0.2) is 24.3 Å². The first-order chi connectivity index (χ1) is 9.53. The van der Waals surface area contributed by atoms with E-state index in [0.29, 0.717) is 10.6 Å². The van der Waals surface area contributed by atoms with Gasteiger partial charge < -0.3 is 26.4 Å². The smallest absolute Gasteiger partial charge is 0.262 e.